The highest BCUT2D eigenvalue weighted by molar-refractivity contribution is 9.10. The fourth-order valence-electron chi connectivity index (χ4n) is 2.61. The smallest absolute Gasteiger partial charge is 0.128 e. The van der Waals surface area contributed by atoms with E-state index in [9.17, 15) is 0 Å². The van der Waals surface area contributed by atoms with Crippen molar-refractivity contribution in [2.24, 2.45) is 5.73 Å². The Morgan fingerprint density at radius 2 is 1.95 bits per heavy atom. The van der Waals surface area contributed by atoms with E-state index in [4.69, 9.17) is 10.5 Å². The standard InChI is InChI=1S/C17H21BrN2O/c1-10-5-6-13(18)7-14(10)15(19)8-16-12(3)17(21-4)11(2)9-20-16/h5-7,9,15H,8,19H2,1-4H3. The van der Waals surface area contributed by atoms with Gasteiger partial charge in [-0.1, -0.05) is 22.0 Å². The Balaban J connectivity index is 2.32. The van der Waals surface area contributed by atoms with Gasteiger partial charge in [0.05, 0.1) is 7.11 Å². The third kappa shape index (κ3) is 3.44. The summed E-state index contributed by atoms with van der Waals surface area (Å²) in [6.07, 6.45) is 2.54. The number of nitrogens with zero attached hydrogens (tertiary/aromatic N) is 1. The van der Waals surface area contributed by atoms with Crippen LogP contribution >= 0.6 is 15.9 Å². The summed E-state index contributed by atoms with van der Waals surface area (Å²) in [4.78, 5) is 4.53. The number of pyridine rings is 1. The summed E-state index contributed by atoms with van der Waals surface area (Å²) in [6.45, 7) is 6.12. The van der Waals surface area contributed by atoms with E-state index in [1.54, 1.807) is 7.11 Å². The number of hydrogen-bond acceptors (Lipinski definition) is 3. The molecule has 1 atom stereocenters. The highest BCUT2D eigenvalue weighted by Crippen LogP contribution is 2.28. The van der Waals surface area contributed by atoms with Crippen molar-refractivity contribution in [1.29, 1.82) is 0 Å². The molecular formula is C17H21BrN2O. The number of aryl methyl sites for hydroxylation is 2. The predicted octanol–water partition coefficient (Wildman–Crippen LogP) is 4.02. The van der Waals surface area contributed by atoms with Gasteiger partial charge in [0.1, 0.15) is 5.75 Å². The van der Waals surface area contributed by atoms with Crippen molar-refractivity contribution in [2.45, 2.75) is 33.2 Å². The summed E-state index contributed by atoms with van der Waals surface area (Å²) in [5.74, 6) is 0.901. The number of methoxy groups -OCH3 is 1. The van der Waals surface area contributed by atoms with Crippen molar-refractivity contribution in [1.82, 2.24) is 4.98 Å². The second kappa shape index (κ2) is 6.58. The molecule has 1 aromatic heterocycles. The van der Waals surface area contributed by atoms with E-state index in [1.807, 2.05) is 26.1 Å². The fourth-order valence-corrected chi connectivity index (χ4v) is 2.98. The van der Waals surface area contributed by atoms with Crippen LogP contribution in [0.15, 0.2) is 28.9 Å². The van der Waals surface area contributed by atoms with Crippen LogP contribution in [0.25, 0.3) is 0 Å². The van der Waals surface area contributed by atoms with E-state index >= 15 is 0 Å². The minimum Gasteiger partial charge on any atom is -0.496 e. The topological polar surface area (TPSA) is 48.1 Å². The highest BCUT2D eigenvalue weighted by Gasteiger charge is 2.15. The molecule has 3 nitrogen and oxygen atoms in total. The molecule has 1 heterocycles. The van der Waals surface area contributed by atoms with E-state index in [2.05, 4.69) is 40.0 Å². The lowest BCUT2D eigenvalue weighted by Gasteiger charge is -2.18. The lowest BCUT2D eigenvalue weighted by atomic mass is 9.96. The van der Waals surface area contributed by atoms with Crippen molar-refractivity contribution in [2.75, 3.05) is 7.11 Å². The van der Waals surface area contributed by atoms with Crippen LogP contribution in [0.1, 0.15) is 34.0 Å². The maximum Gasteiger partial charge on any atom is 0.128 e. The van der Waals surface area contributed by atoms with Crippen LogP contribution in [0.2, 0.25) is 0 Å². The van der Waals surface area contributed by atoms with Crippen LogP contribution in [-0.2, 0) is 6.42 Å². The van der Waals surface area contributed by atoms with Crippen molar-refractivity contribution < 1.29 is 4.74 Å². The van der Waals surface area contributed by atoms with Gasteiger partial charge in [-0.05, 0) is 44.0 Å². The normalized spacial score (nSPS) is 12.3. The third-order valence-corrected chi connectivity index (χ3v) is 4.30. The molecule has 2 rings (SSSR count). The first-order valence-electron chi connectivity index (χ1n) is 6.94. The van der Waals surface area contributed by atoms with E-state index in [0.29, 0.717) is 6.42 Å². The molecule has 21 heavy (non-hydrogen) atoms. The molecular weight excluding hydrogens is 328 g/mol. The van der Waals surface area contributed by atoms with Gasteiger partial charge in [0, 0.05) is 40.0 Å². The van der Waals surface area contributed by atoms with Crippen molar-refractivity contribution in [3.63, 3.8) is 0 Å². The summed E-state index contributed by atoms with van der Waals surface area (Å²) in [5, 5.41) is 0. The summed E-state index contributed by atoms with van der Waals surface area (Å²) in [7, 11) is 1.69. The summed E-state index contributed by atoms with van der Waals surface area (Å²) in [5.41, 5.74) is 11.8. The SMILES string of the molecule is COc1c(C)cnc(CC(N)c2cc(Br)ccc2C)c1C. The monoisotopic (exact) mass is 348 g/mol. The van der Waals surface area contributed by atoms with Crippen LogP contribution in [0, 0.1) is 20.8 Å². The minimum atomic E-state index is -0.0823. The lowest BCUT2D eigenvalue weighted by Crippen LogP contribution is -2.16. The summed E-state index contributed by atoms with van der Waals surface area (Å²) < 4.78 is 6.50. The Kier molecular flexibility index (Phi) is 5.01. The average Bonchev–Trinajstić information content (AvgIpc) is 2.45. The van der Waals surface area contributed by atoms with E-state index < -0.39 is 0 Å². The Labute approximate surface area is 134 Å². The quantitative estimate of drug-likeness (QED) is 0.907. The molecule has 0 aliphatic rings. The van der Waals surface area contributed by atoms with E-state index in [0.717, 1.165) is 32.6 Å². The maximum atomic E-state index is 6.39. The van der Waals surface area contributed by atoms with E-state index in [-0.39, 0.29) is 6.04 Å². The summed E-state index contributed by atoms with van der Waals surface area (Å²) in [6, 6.07) is 6.11. The van der Waals surface area contributed by atoms with Gasteiger partial charge in [-0.2, -0.15) is 0 Å². The van der Waals surface area contributed by atoms with Gasteiger partial charge in [-0.15, -0.1) is 0 Å². The van der Waals surface area contributed by atoms with Gasteiger partial charge in [0.2, 0.25) is 0 Å². The van der Waals surface area contributed by atoms with Gasteiger partial charge in [-0.3, -0.25) is 4.98 Å². The van der Waals surface area contributed by atoms with E-state index in [1.165, 1.54) is 5.56 Å². The van der Waals surface area contributed by atoms with Gasteiger partial charge in [-0.25, -0.2) is 0 Å². The van der Waals surface area contributed by atoms with Crippen molar-refractivity contribution >= 4 is 15.9 Å². The number of benzene rings is 1. The molecule has 1 unspecified atom stereocenters. The molecule has 0 saturated heterocycles. The highest BCUT2D eigenvalue weighted by atomic mass is 79.9. The van der Waals surface area contributed by atoms with Crippen LogP contribution < -0.4 is 10.5 Å². The molecule has 0 aliphatic heterocycles. The number of rotatable bonds is 4. The van der Waals surface area contributed by atoms with Gasteiger partial charge >= 0.3 is 0 Å². The molecule has 0 bridgehead atoms. The fraction of sp³-hybridized carbons (Fsp3) is 0.353. The largest absolute Gasteiger partial charge is 0.496 e. The molecule has 0 aliphatic carbocycles. The molecule has 2 N–H and O–H groups in total. The Hall–Kier alpha value is -1.39. The second-order valence-electron chi connectivity index (χ2n) is 5.36. The van der Waals surface area contributed by atoms with Crippen LogP contribution in [-0.4, -0.2) is 12.1 Å². The zero-order chi connectivity index (χ0) is 15.6. The number of ether oxygens (including phenoxy) is 1. The average molecular weight is 349 g/mol. The molecule has 0 spiro atoms. The Morgan fingerprint density at radius 3 is 2.62 bits per heavy atom. The summed E-state index contributed by atoms with van der Waals surface area (Å²) >= 11 is 3.51. The third-order valence-electron chi connectivity index (χ3n) is 3.80. The molecule has 0 radical (unpaired) electrons. The predicted molar refractivity (Wildman–Crippen MR) is 89.8 cm³/mol. The van der Waals surface area contributed by atoms with Crippen molar-refractivity contribution in [3.05, 3.63) is 56.8 Å². The first-order valence-corrected chi connectivity index (χ1v) is 7.74. The lowest BCUT2D eigenvalue weighted by molar-refractivity contribution is 0.406. The first-order chi connectivity index (χ1) is 9.93. The minimum absolute atomic E-state index is 0.0823. The Morgan fingerprint density at radius 1 is 1.24 bits per heavy atom. The van der Waals surface area contributed by atoms with Gasteiger partial charge in [0.25, 0.3) is 0 Å². The number of hydrogen-bond donors (Lipinski definition) is 1. The van der Waals surface area contributed by atoms with Crippen LogP contribution in [0.4, 0.5) is 0 Å². The van der Waals surface area contributed by atoms with Gasteiger partial charge in [0.15, 0.2) is 0 Å². The van der Waals surface area contributed by atoms with Crippen LogP contribution in [0.5, 0.6) is 5.75 Å². The molecule has 1 aromatic carbocycles. The number of nitrogens with two attached hydrogens (primary N) is 1. The van der Waals surface area contributed by atoms with Crippen LogP contribution in [0.3, 0.4) is 0 Å². The zero-order valence-electron chi connectivity index (χ0n) is 12.9. The van der Waals surface area contributed by atoms with Gasteiger partial charge < -0.3 is 10.5 Å². The number of halogens is 1. The molecule has 0 fully saturated rings. The second-order valence-corrected chi connectivity index (χ2v) is 6.27. The number of aromatic nitrogens is 1. The molecule has 2 aromatic rings. The Bertz CT molecular complexity index is 655. The maximum absolute atomic E-state index is 6.39. The van der Waals surface area contributed by atoms with Crippen molar-refractivity contribution in [3.8, 4) is 5.75 Å². The molecule has 112 valence electrons. The zero-order valence-corrected chi connectivity index (χ0v) is 14.5. The first kappa shape index (κ1) is 16.0. The molecule has 0 saturated carbocycles. The molecule has 4 heteroatoms. The molecule has 0 amide bonds.